The molecule has 1 saturated carbocycles. The number of fused-ring (bicyclic) bond motifs is 1. The van der Waals surface area contributed by atoms with E-state index in [1.807, 2.05) is 18.3 Å². The summed E-state index contributed by atoms with van der Waals surface area (Å²) >= 11 is 0. The van der Waals surface area contributed by atoms with E-state index in [1.165, 1.54) is 18.4 Å². The molecule has 1 fully saturated rings. The largest absolute Gasteiger partial charge is 0.351 e. The van der Waals surface area contributed by atoms with Gasteiger partial charge in [0.1, 0.15) is 11.6 Å². The first-order valence-electron chi connectivity index (χ1n) is 12.3. The van der Waals surface area contributed by atoms with Crippen molar-refractivity contribution < 1.29 is 0 Å². The third-order valence-corrected chi connectivity index (χ3v) is 6.66. The van der Waals surface area contributed by atoms with Gasteiger partial charge < -0.3 is 15.5 Å². The van der Waals surface area contributed by atoms with Crippen molar-refractivity contribution in [3.05, 3.63) is 60.3 Å². The lowest BCUT2D eigenvalue weighted by atomic mass is 9.91. The van der Waals surface area contributed by atoms with Crippen LogP contribution in [-0.2, 0) is 6.42 Å². The van der Waals surface area contributed by atoms with E-state index in [2.05, 4.69) is 70.8 Å². The van der Waals surface area contributed by atoms with Crippen LogP contribution in [0.1, 0.15) is 51.5 Å². The van der Waals surface area contributed by atoms with Gasteiger partial charge in [-0.05, 0) is 56.2 Å². The molecule has 0 unspecified atom stereocenters. The van der Waals surface area contributed by atoms with E-state index >= 15 is 0 Å². The van der Waals surface area contributed by atoms with Crippen LogP contribution in [0, 0.1) is 0 Å². The number of nitrogens with one attached hydrogen (secondary N) is 2. The van der Waals surface area contributed by atoms with Gasteiger partial charge in [-0.25, -0.2) is 9.97 Å². The molecule has 0 saturated heterocycles. The summed E-state index contributed by atoms with van der Waals surface area (Å²) in [5.41, 5.74) is 3.42. The molecule has 0 atom stereocenters. The Kier molecular flexibility index (Phi) is 6.53. The maximum Gasteiger partial charge on any atom is 0.224 e. The maximum absolute atomic E-state index is 5.06. The van der Waals surface area contributed by atoms with Gasteiger partial charge >= 0.3 is 0 Å². The zero-order chi connectivity index (χ0) is 22.6. The van der Waals surface area contributed by atoms with E-state index in [0.717, 1.165) is 61.1 Å². The lowest BCUT2D eigenvalue weighted by Crippen LogP contribution is -2.40. The predicted molar refractivity (Wildman–Crippen MR) is 135 cm³/mol. The number of benzene rings is 1. The quantitative estimate of drug-likeness (QED) is 0.537. The topological polar surface area (TPSA) is 66.0 Å². The van der Waals surface area contributed by atoms with Gasteiger partial charge in [0.25, 0.3) is 0 Å². The van der Waals surface area contributed by atoms with Gasteiger partial charge in [0.15, 0.2) is 0 Å². The minimum absolute atomic E-state index is 0.432. The Bertz CT molecular complexity index is 1060. The maximum atomic E-state index is 5.06. The molecule has 172 valence electrons. The number of nitrogens with zero attached hydrogens (tertiary/aromatic N) is 4. The molecule has 1 aliphatic heterocycles. The van der Waals surface area contributed by atoms with Crippen molar-refractivity contribution in [1.82, 2.24) is 20.3 Å². The highest BCUT2D eigenvalue weighted by Gasteiger charge is 2.24. The summed E-state index contributed by atoms with van der Waals surface area (Å²) in [6, 6.07) is 18.3. The average molecular weight is 443 g/mol. The lowest BCUT2D eigenvalue weighted by molar-refractivity contribution is 0.335. The number of pyridine rings is 1. The second-order valence-corrected chi connectivity index (χ2v) is 9.55. The SMILES string of the molecule is CC(C)NC1CCC(Nc2nccc(N3CCCc4ccc(-c5ccccc5)nc43)n2)CC1. The molecule has 5 rings (SSSR count). The predicted octanol–water partition coefficient (Wildman–Crippen LogP) is 5.34. The fourth-order valence-corrected chi connectivity index (χ4v) is 5.06. The normalized spacial score (nSPS) is 20.5. The summed E-state index contributed by atoms with van der Waals surface area (Å²) < 4.78 is 0. The first kappa shape index (κ1) is 21.8. The zero-order valence-electron chi connectivity index (χ0n) is 19.7. The fourth-order valence-electron chi connectivity index (χ4n) is 5.06. The van der Waals surface area contributed by atoms with Crippen LogP contribution in [-0.4, -0.2) is 39.6 Å². The Morgan fingerprint density at radius 3 is 2.48 bits per heavy atom. The molecule has 2 N–H and O–H groups in total. The molecule has 2 aromatic heterocycles. The first-order valence-corrected chi connectivity index (χ1v) is 12.3. The number of anilines is 3. The van der Waals surface area contributed by atoms with E-state index in [9.17, 15) is 0 Å². The lowest BCUT2D eigenvalue weighted by Gasteiger charge is -2.32. The van der Waals surface area contributed by atoms with Crippen molar-refractivity contribution in [2.24, 2.45) is 0 Å². The van der Waals surface area contributed by atoms with Crippen molar-refractivity contribution in [3.8, 4) is 11.3 Å². The van der Waals surface area contributed by atoms with Gasteiger partial charge in [-0.15, -0.1) is 0 Å². The van der Waals surface area contributed by atoms with Gasteiger partial charge in [-0.2, -0.15) is 4.98 Å². The molecule has 2 aliphatic rings. The standard InChI is InChI=1S/C27H34N6/c1-19(2)29-22-11-13-23(14-12-22)30-27-28-17-16-25(32-27)33-18-6-9-21-10-15-24(31-26(21)33)20-7-4-3-5-8-20/h3-5,7-8,10,15-17,19,22-23,29H,6,9,11-14,18H2,1-2H3,(H,28,30,32). The molecule has 6 heteroatoms. The Morgan fingerprint density at radius 1 is 0.909 bits per heavy atom. The second kappa shape index (κ2) is 9.87. The molecular formula is C27H34N6. The molecule has 0 bridgehead atoms. The number of hydrogen-bond donors (Lipinski definition) is 2. The molecule has 1 aliphatic carbocycles. The number of aromatic nitrogens is 3. The summed E-state index contributed by atoms with van der Waals surface area (Å²) in [6.07, 6.45) is 8.70. The van der Waals surface area contributed by atoms with Crippen LogP contribution < -0.4 is 15.5 Å². The highest BCUT2D eigenvalue weighted by molar-refractivity contribution is 5.68. The minimum Gasteiger partial charge on any atom is -0.351 e. The molecule has 0 amide bonds. The average Bonchev–Trinajstić information content (AvgIpc) is 2.85. The highest BCUT2D eigenvalue weighted by Crippen LogP contribution is 2.33. The Balaban J connectivity index is 1.33. The molecule has 3 aromatic rings. The summed E-state index contributed by atoms with van der Waals surface area (Å²) in [7, 11) is 0. The van der Waals surface area contributed by atoms with Gasteiger partial charge in [0.05, 0.1) is 5.69 Å². The summed E-state index contributed by atoms with van der Waals surface area (Å²) in [5, 5.41) is 7.27. The summed E-state index contributed by atoms with van der Waals surface area (Å²) in [6.45, 7) is 5.36. The van der Waals surface area contributed by atoms with Crippen LogP contribution in [0.4, 0.5) is 17.6 Å². The molecule has 0 radical (unpaired) electrons. The molecule has 3 heterocycles. The van der Waals surface area contributed by atoms with E-state index in [0.29, 0.717) is 18.1 Å². The van der Waals surface area contributed by atoms with Crippen LogP contribution in [0.3, 0.4) is 0 Å². The highest BCUT2D eigenvalue weighted by atomic mass is 15.3. The molecule has 1 aromatic carbocycles. The van der Waals surface area contributed by atoms with Crippen LogP contribution in [0.2, 0.25) is 0 Å². The van der Waals surface area contributed by atoms with E-state index in [-0.39, 0.29) is 0 Å². The molecule has 0 spiro atoms. The second-order valence-electron chi connectivity index (χ2n) is 9.55. The molecular weight excluding hydrogens is 408 g/mol. The van der Waals surface area contributed by atoms with Crippen molar-refractivity contribution >= 4 is 17.6 Å². The first-order chi connectivity index (χ1) is 16.2. The Labute approximate surface area is 196 Å². The van der Waals surface area contributed by atoms with Crippen LogP contribution in [0.5, 0.6) is 0 Å². The van der Waals surface area contributed by atoms with Crippen molar-refractivity contribution in [2.75, 3.05) is 16.8 Å². The van der Waals surface area contributed by atoms with Crippen molar-refractivity contribution in [2.45, 2.75) is 70.5 Å². The van der Waals surface area contributed by atoms with Crippen molar-refractivity contribution in [1.29, 1.82) is 0 Å². The summed E-state index contributed by atoms with van der Waals surface area (Å²) in [4.78, 5) is 16.7. The van der Waals surface area contributed by atoms with E-state index in [1.54, 1.807) is 0 Å². The molecule has 33 heavy (non-hydrogen) atoms. The van der Waals surface area contributed by atoms with Crippen molar-refractivity contribution in [3.63, 3.8) is 0 Å². The smallest absolute Gasteiger partial charge is 0.224 e. The van der Waals surface area contributed by atoms with Crippen LogP contribution in [0.25, 0.3) is 11.3 Å². The fraction of sp³-hybridized carbons (Fsp3) is 0.444. The zero-order valence-corrected chi connectivity index (χ0v) is 19.7. The minimum atomic E-state index is 0.432. The number of rotatable bonds is 6. The van der Waals surface area contributed by atoms with Crippen LogP contribution >= 0.6 is 0 Å². The van der Waals surface area contributed by atoms with E-state index in [4.69, 9.17) is 9.97 Å². The van der Waals surface area contributed by atoms with Crippen LogP contribution in [0.15, 0.2) is 54.7 Å². The van der Waals surface area contributed by atoms with Gasteiger partial charge in [0, 0.05) is 36.4 Å². The Hall–Kier alpha value is -2.99. The monoisotopic (exact) mass is 442 g/mol. The van der Waals surface area contributed by atoms with Gasteiger partial charge in [-0.3, -0.25) is 0 Å². The third kappa shape index (κ3) is 5.17. The van der Waals surface area contributed by atoms with Gasteiger partial charge in [0.2, 0.25) is 5.95 Å². The number of hydrogen-bond acceptors (Lipinski definition) is 6. The molecule has 6 nitrogen and oxygen atoms in total. The number of aryl methyl sites for hydroxylation is 1. The third-order valence-electron chi connectivity index (χ3n) is 6.66. The Morgan fingerprint density at radius 2 is 1.70 bits per heavy atom. The van der Waals surface area contributed by atoms with Gasteiger partial charge in [-0.1, -0.05) is 50.2 Å². The summed E-state index contributed by atoms with van der Waals surface area (Å²) in [5.74, 6) is 2.66. The van der Waals surface area contributed by atoms with E-state index < -0.39 is 0 Å².